The number of hydrogen-bond donors (Lipinski definition) is 2. The fraction of sp³-hybridized carbons (Fsp3) is 0.467. The van der Waals surface area contributed by atoms with Gasteiger partial charge in [-0.25, -0.2) is 0 Å². The molecule has 0 aromatic heterocycles. The first-order valence-electron chi connectivity index (χ1n) is 6.99. The number of hydrogen-bond acceptors (Lipinski definition) is 3. The summed E-state index contributed by atoms with van der Waals surface area (Å²) < 4.78 is 0. The summed E-state index contributed by atoms with van der Waals surface area (Å²) in [5, 5.41) is 5.92. The van der Waals surface area contributed by atoms with Gasteiger partial charge in [-0.2, -0.15) is 0 Å². The molecule has 1 aliphatic heterocycles. The fourth-order valence-electron chi connectivity index (χ4n) is 2.41. The molecule has 1 aliphatic rings. The molecule has 0 spiro atoms. The predicted molar refractivity (Wildman–Crippen MR) is 79.6 cm³/mol. The summed E-state index contributed by atoms with van der Waals surface area (Å²) in [6.07, 6.45) is 2.19. The zero-order valence-corrected chi connectivity index (χ0v) is 12.0. The van der Waals surface area contributed by atoms with Crippen LogP contribution in [0, 0.1) is 0 Å². The Morgan fingerprint density at radius 2 is 1.85 bits per heavy atom. The van der Waals surface area contributed by atoms with Crippen molar-refractivity contribution in [3.63, 3.8) is 0 Å². The van der Waals surface area contributed by atoms with Gasteiger partial charge in [0.25, 0.3) is 0 Å². The lowest BCUT2D eigenvalue weighted by molar-refractivity contribution is -0.130. The first-order valence-corrected chi connectivity index (χ1v) is 6.99. The molecule has 108 valence electrons. The van der Waals surface area contributed by atoms with Gasteiger partial charge in [0.15, 0.2) is 0 Å². The topological polar surface area (TPSA) is 61.4 Å². The van der Waals surface area contributed by atoms with Gasteiger partial charge < -0.3 is 15.5 Å². The minimum Gasteiger partial charge on any atom is -0.374 e. The Balaban J connectivity index is 1.98. The third-order valence-corrected chi connectivity index (χ3v) is 3.35. The normalized spacial score (nSPS) is 15.8. The minimum atomic E-state index is -0.263. The van der Waals surface area contributed by atoms with Crippen molar-refractivity contribution in [2.45, 2.75) is 32.7 Å². The summed E-state index contributed by atoms with van der Waals surface area (Å²) in [5.41, 5.74) is 1.56. The first-order chi connectivity index (χ1) is 9.56. The Bertz CT molecular complexity index is 496. The quantitative estimate of drug-likeness (QED) is 0.884. The highest BCUT2D eigenvalue weighted by Crippen LogP contribution is 2.17. The molecule has 0 aliphatic carbocycles. The molecule has 1 saturated heterocycles. The maximum absolute atomic E-state index is 12.2. The summed E-state index contributed by atoms with van der Waals surface area (Å²) in [6.45, 7) is 5.05. The molecule has 5 heteroatoms. The highest BCUT2D eigenvalue weighted by atomic mass is 16.2. The molecule has 5 nitrogen and oxygen atoms in total. The Labute approximate surface area is 119 Å². The number of nitrogens with one attached hydrogen (secondary N) is 2. The van der Waals surface area contributed by atoms with Gasteiger partial charge >= 0.3 is 0 Å². The van der Waals surface area contributed by atoms with Crippen LogP contribution >= 0.6 is 0 Å². The van der Waals surface area contributed by atoms with Crippen LogP contribution in [0.5, 0.6) is 0 Å². The van der Waals surface area contributed by atoms with Crippen molar-refractivity contribution in [2.24, 2.45) is 0 Å². The van der Waals surface area contributed by atoms with Crippen molar-refractivity contribution in [3.8, 4) is 0 Å². The third kappa shape index (κ3) is 3.73. The molecule has 0 radical (unpaired) electrons. The summed E-state index contributed by atoms with van der Waals surface area (Å²) in [7, 11) is 0. The molecule has 1 unspecified atom stereocenters. The van der Waals surface area contributed by atoms with Crippen LogP contribution in [0.3, 0.4) is 0 Å². The van der Waals surface area contributed by atoms with E-state index in [9.17, 15) is 9.59 Å². The monoisotopic (exact) mass is 275 g/mol. The number of rotatable bonds is 4. The summed E-state index contributed by atoms with van der Waals surface area (Å²) in [6, 6.07) is 7.12. The van der Waals surface area contributed by atoms with Crippen molar-refractivity contribution >= 4 is 23.2 Å². The van der Waals surface area contributed by atoms with Crippen LogP contribution in [0.1, 0.15) is 26.7 Å². The lowest BCUT2D eigenvalue weighted by Crippen LogP contribution is -2.39. The van der Waals surface area contributed by atoms with Crippen molar-refractivity contribution in [2.75, 3.05) is 23.7 Å². The largest absolute Gasteiger partial charge is 0.374 e. The second-order valence-corrected chi connectivity index (χ2v) is 5.16. The molecule has 1 atom stereocenters. The Morgan fingerprint density at radius 3 is 2.50 bits per heavy atom. The van der Waals surface area contributed by atoms with Gasteiger partial charge in [0.05, 0.1) is 0 Å². The van der Waals surface area contributed by atoms with E-state index in [1.807, 2.05) is 36.1 Å². The molecule has 2 amide bonds. The van der Waals surface area contributed by atoms with E-state index in [1.54, 1.807) is 0 Å². The van der Waals surface area contributed by atoms with Gasteiger partial charge in [-0.3, -0.25) is 9.59 Å². The molecule has 1 fully saturated rings. The molecule has 2 rings (SSSR count). The van der Waals surface area contributed by atoms with E-state index in [4.69, 9.17) is 0 Å². The molecule has 2 N–H and O–H groups in total. The van der Waals surface area contributed by atoms with E-state index in [2.05, 4.69) is 10.6 Å². The molecule has 1 aromatic carbocycles. The Morgan fingerprint density at radius 1 is 1.20 bits per heavy atom. The molecule has 20 heavy (non-hydrogen) atoms. The van der Waals surface area contributed by atoms with Gasteiger partial charge in [-0.05, 0) is 38.0 Å². The van der Waals surface area contributed by atoms with E-state index in [1.165, 1.54) is 6.92 Å². The Kier molecular flexibility index (Phi) is 4.61. The second kappa shape index (κ2) is 6.41. The van der Waals surface area contributed by atoms with Crippen LogP contribution in [0.25, 0.3) is 0 Å². The standard InChI is InChI=1S/C15H21N3O2/c1-11(15(20)18-8-3-4-9-18)16-13-6-5-7-14(10-13)17-12(2)19/h5-7,10-11,16H,3-4,8-9H2,1-2H3,(H,17,19). The van der Waals surface area contributed by atoms with E-state index >= 15 is 0 Å². The van der Waals surface area contributed by atoms with E-state index in [0.29, 0.717) is 0 Å². The van der Waals surface area contributed by atoms with Crippen LogP contribution in [0.2, 0.25) is 0 Å². The number of nitrogens with zero attached hydrogens (tertiary/aromatic N) is 1. The first kappa shape index (κ1) is 14.4. The zero-order valence-electron chi connectivity index (χ0n) is 12.0. The summed E-state index contributed by atoms with van der Waals surface area (Å²) in [4.78, 5) is 25.1. The van der Waals surface area contributed by atoms with E-state index in [-0.39, 0.29) is 17.9 Å². The molecule has 0 bridgehead atoms. The number of benzene rings is 1. The molecular formula is C15H21N3O2. The lowest BCUT2D eigenvalue weighted by Gasteiger charge is -2.22. The number of carbonyl (C=O) groups excluding carboxylic acids is 2. The maximum Gasteiger partial charge on any atom is 0.244 e. The number of carbonyl (C=O) groups is 2. The van der Waals surface area contributed by atoms with Crippen molar-refractivity contribution in [1.82, 2.24) is 4.90 Å². The molecular weight excluding hydrogens is 254 g/mol. The van der Waals surface area contributed by atoms with Crippen LogP contribution in [0.15, 0.2) is 24.3 Å². The van der Waals surface area contributed by atoms with Gasteiger partial charge in [-0.1, -0.05) is 6.07 Å². The average Bonchev–Trinajstić information content (AvgIpc) is 2.91. The predicted octanol–water partition coefficient (Wildman–Crippen LogP) is 2.07. The third-order valence-electron chi connectivity index (χ3n) is 3.35. The van der Waals surface area contributed by atoms with Gasteiger partial charge in [0, 0.05) is 31.4 Å². The van der Waals surface area contributed by atoms with Crippen molar-refractivity contribution in [1.29, 1.82) is 0 Å². The maximum atomic E-state index is 12.2. The SMILES string of the molecule is CC(=O)Nc1cccc(NC(C)C(=O)N2CCCC2)c1. The second-order valence-electron chi connectivity index (χ2n) is 5.16. The highest BCUT2D eigenvalue weighted by Gasteiger charge is 2.22. The van der Waals surface area contributed by atoms with Crippen molar-refractivity contribution < 1.29 is 9.59 Å². The summed E-state index contributed by atoms with van der Waals surface area (Å²) in [5.74, 6) is 0.0239. The average molecular weight is 275 g/mol. The fourth-order valence-corrected chi connectivity index (χ4v) is 2.41. The van der Waals surface area contributed by atoms with Crippen LogP contribution < -0.4 is 10.6 Å². The molecule has 1 heterocycles. The van der Waals surface area contributed by atoms with E-state index in [0.717, 1.165) is 37.3 Å². The zero-order chi connectivity index (χ0) is 14.5. The number of likely N-dealkylation sites (tertiary alicyclic amines) is 1. The molecule has 1 aromatic rings. The van der Waals surface area contributed by atoms with Crippen molar-refractivity contribution in [3.05, 3.63) is 24.3 Å². The van der Waals surface area contributed by atoms with Crippen LogP contribution in [-0.4, -0.2) is 35.8 Å². The van der Waals surface area contributed by atoms with Crippen LogP contribution in [-0.2, 0) is 9.59 Å². The minimum absolute atomic E-state index is 0.108. The number of anilines is 2. The van der Waals surface area contributed by atoms with Gasteiger partial charge in [0.2, 0.25) is 11.8 Å². The highest BCUT2D eigenvalue weighted by molar-refractivity contribution is 5.89. The summed E-state index contributed by atoms with van der Waals surface area (Å²) >= 11 is 0. The van der Waals surface area contributed by atoms with Gasteiger partial charge in [-0.15, -0.1) is 0 Å². The number of amides is 2. The smallest absolute Gasteiger partial charge is 0.244 e. The molecule has 0 saturated carbocycles. The van der Waals surface area contributed by atoms with Gasteiger partial charge in [0.1, 0.15) is 6.04 Å². The van der Waals surface area contributed by atoms with Crippen LogP contribution in [0.4, 0.5) is 11.4 Å². The van der Waals surface area contributed by atoms with E-state index < -0.39 is 0 Å². The Hall–Kier alpha value is -2.04. The lowest BCUT2D eigenvalue weighted by atomic mass is 10.2.